The summed E-state index contributed by atoms with van der Waals surface area (Å²) in [5.41, 5.74) is 4.91. The highest BCUT2D eigenvalue weighted by Crippen LogP contribution is 2.38. The van der Waals surface area contributed by atoms with Gasteiger partial charge in [0.1, 0.15) is 17.7 Å². The van der Waals surface area contributed by atoms with Crippen molar-refractivity contribution >= 4 is 18.0 Å². The highest BCUT2D eigenvalue weighted by atomic mass is 19.1. The summed E-state index contributed by atoms with van der Waals surface area (Å²) < 4.78 is 34.7. The van der Waals surface area contributed by atoms with Gasteiger partial charge in [-0.3, -0.25) is 4.90 Å². The monoisotopic (exact) mass is 584 g/mol. The van der Waals surface area contributed by atoms with Crippen LogP contribution in [0.15, 0.2) is 60.8 Å². The smallest absolute Gasteiger partial charge is 0.411 e. The molecule has 1 N–H and O–H groups in total. The molecule has 43 heavy (non-hydrogen) atoms. The Morgan fingerprint density at radius 1 is 0.977 bits per heavy atom. The molecule has 2 saturated heterocycles. The lowest BCUT2D eigenvalue weighted by Gasteiger charge is -2.31. The summed E-state index contributed by atoms with van der Waals surface area (Å²) in [6, 6.07) is 13.3. The molecule has 3 aromatic carbocycles. The van der Waals surface area contributed by atoms with E-state index in [1.54, 1.807) is 49.2 Å². The second-order valence-electron chi connectivity index (χ2n) is 11.1. The molecule has 10 heteroatoms. The van der Waals surface area contributed by atoms with Crippen molar-refractivity contribution < 1.29 is 28.2 Å². The van der Waals surface area contributed by atoms with Gasteiger partial charge in [-0.2, -0.15) is 0 Å². The topological polar surface area (TPSA) is 95.9 Å². The summed E-state index contributed by atoms with van der Waals surface area (Å²) in [7, 11) is 0. The van der Waals surface area contributed by atoms with E-state index in [9.17, 15) is 19.1 Å². The third-order valence-electron chi connectivity index (χ3n) is 8.27. The molecule has 0 spiro atoms. The van der Waals surface area contributed by atoms with Gasteiger partial charge in [-0.15, -0.1) is 0 Å². The first-order valence-corrected chi connectivity index (χ1v) is 14.1. The average molecular weight is 585 g/mol. The number of rotatable bonds is 7. The average Bonchev–Trinajstić information content (AvgIpc) is 3.22. The van der Waals surface area contributed by atoms with Crippen LogP contribution in [-0.4, -0.2) is 51.2 Å². The Morgan fingerprint density at radius 3 is 2.35 bits per heavy atom. The van der Waals surface area contributed by atoms with Crippen molar-refractivity contribution in [2.45, 2.75) is 45.9 Å². The molecule has 0 bridgehead atoms. The summed E-state index contributed by atoms with van der Waals surface area (Å²) in [6.45, 7) is 7.20. The van der Waals surface area contributed by atoms with Crippen LogP contribution in [0, 0.1) is 25.5 Å². The SMILES string of the molecule is Cc1cc(C(=O)O)ccc1-c1cc(-c2cnc(N3CCC3)nc2CN2C(=O)O[C@H](c3ccc(F)cc3)[C@@H]2C)c(C)cc1F. The Hall–Kier alpha value is -4.86. The first-order valence-electron chi connectivity index (χ1n) is 14.1. The lowest BCUT2D eigenvalue weighted by molar-refractivity contribution is 0.0696. The molecule has 2 atom stereocenters. The number of carbonyl (C=O) groups excluding carboxylic acids is 1. The summed E-state index contributed by atoms with van der Waals surface area (Å²) >= 11 is 0. The van der Waals surface area contributed by atoms with E-state index in [0.717, 1.165) is 19.5 Å². The number of aromatic nitrogens is 2. The molecule has 0 aliphatic carbocycles. The fourth-order valence-electron chi connectivity index (χ4n) is 5.66. The number of aryl methyl sites for hydroxylation is 2. The van der Waals surface area contributed by atoms with Crippen molar-refractivity contribution in [1.82, 2.24) is 14.9 Å². The van der Waals surface area contributed by atoms with Gasteiger partial charge in [0.2, 0.25) is 5.95 Å². The van der Waals surface area contributed by atoms with E-state index >= 15 is 4.39 Å². The number of halogens is 2. The zero-order valence-corrected chi connectivity index (χ0v) is 24.0. The van der Waals surface area contributed by atoms with Crippen LogP contribution in [0.1, 0.15) is 52.2 Å². The molecule has 220 valence electrons. The number of benzene rings is 3. The highest BCUT2D eigenvalue weighted by Gasteiger charge is 2.40. The Balaban J connectivity index is 1.41. The van der Waals surface area contributed by atoms with Crippen molar-refractivity contribution in [2.24, 2.45) is 0 Å². The predicted octanol–water partition coefficient (Wildman–Crippen LogP) is 6.70. The van der Waals surface area contributed by atoms with E-state index in [0.29, 0.717) is 50.6 Å². The predicted molar refractivity (Wildman–Crippen MR) is 157 cm³/mol. The largest absolute Gasteiger partial charge is 0.478 e. The molecule has 8 nitrogen and oxygen atoms in total. The zero-order valence-electron chi connectivity index (χ0n) is 24.0. The van der Waals surface area contributed by atoms with Gasteiger partial charge in [0, 0.05) is 30.4 Å². The molecule has 1 aromatic heterocycles. The molecule has 2 aliphatic rings. The summed E-state index contributed by atoms with van der Waals surface area (Å²) in [5.74, 6) is -1.31. The molecular weight excluding hydrogens is 554 g/mol. The normalized spacial score (nSPS) is 18.0. The molecule has 2 fully saturated rings. The molecule has 1 amide bonds. The lowest BCUT2D eigenvalue weighted by atomic mass is 9.92. The molecule has 2 aliphatic heterocycles. The molecule has 0 radical (unpaired) electrons. The number of anilines is 1. The van der Waals surface area contributed by atoms with Gasteiger partial charge in [-0.05, 0) is 91.4 Å². The van der Waals surface area contributed by atoms with Gasteiger partial charge < -0.3 is 14.7 Å². The van der Waals surface area contributed by atoms with E-state index in [1.165, 1.54) is 30.3 Å². The Morgan fingerprint density at radius 2 is 1.70 bits per heavy atom. The van der Waals surface area contributed by atoms with Gasteiger partial charge in [-0.25, -0.2) is 28.3 Å². The number of hydrogen-bond acceptors (Lipinski definition) is 6. The van der Waals surface area contributed by atoms with E-state index < -0.39 is 24.0 Å². The number of carboxylic acids is 1. The Labute approximate surface area is 247 Å². The maximum absolute atomic E-state index is 15.4. The number of nitrogens with zero attached hydrogens (tertiary/aromatic N) is 4. The number of carbonyl (C=O) groups is 2. The van der Waals surface area contributed by atoms with Crippen molar-refractivity contribution in [2.75, 3.05) is 18.0 Å². The van der Waals surface area contributed by atoms with Gasteiger partial charge >= 0.3 is 12.1 Å². The van der Waals surface area contributed by atoms with Crippen LogP contribution in [0.5, 0.6) is 0 Å². The van der Waals surface area contributed by atoms with Crippen LogP contribution in [0.25, 0.3) is 22.3 Å². The highest BCUT2D eigenvalue weighted by molar-refractivity contribution is 5.89. The van der Waals surface area contributed by atoms with Crippen molar-refractivity contribution in [1.29, 1.82) is 0 Å². The summed E-state index contributed by atoms with van der Waals surface area (Å²) in [5, 5.41) is 9.37. The quantitative estimate of drug-likeness (QED) is 0.258. The molecule has 6 rings (SSSR count). The van der Waals surface area contributed by atoms with E-state index in [-0.39, 0.29) is 24.0 Å². The number of hydrogen-bond donors (Lipinski definition) is 1. The summed E-state index contributed by atoms with van der Waals surface area (Å²) in [4.78, 5) is 37.7. The van der Waals surface area contributed by atoms with Gasteiger partial charge in [0.15, 0.2) is 0 Å². The molecule has 4 aromatic rings. The van der Waals surface area contributed by atoms with Crippen LogP contribution in [0.3, 0.4) is 0 Å². The maximum Gasteiger partial charge on any atom is 0.411 e. The van der Waals surface area contributed by atoms with E-state index in [1.807, 2.05) is 6.92 Å². The third kappa shape index (κ3) is 5.29. The second kappa shape index (κ2) is 11.1. The number of aromatic carboxylic acids is 1. The van der Waals surface area contributed by atoms with Crippen LogP contribution in [0.2, 0.25) is 0 Å². The number of cyclic esters (lactones) is 1. The van der Waals surface area contributed by atoms with Crippen LogP contribution in [-0.2, 0) is 11.3 Å². The number of amides is 1. The van der Waals surface area contributed by atoms with Crippen LogP contribution >= 0.6 is 0 Å². The van der Waals surface area contributed by atoms with Gasteiger partial charge in [-0.1, -0.05) is 18.2 Å². The van der Waals surface area contributed by atoms with E-state index in [4.69, 9.17) is 9.72 Å². The minimum atomic E-state index is -1.06. The maximum atomic E-state index is 15.4. The lowest BCUT2D eigenvalue weighted by Crippen LogP contribution is -2.39. The fraction of sp³-hybridized carbons (Fsp3) is 0.273. The zero-order chi connectivity index (χ0) is 30.4. The van der Waals surface area contributed by atoms with Crippen molar-refractivity contribution in [3.05, 3.63) is 100 Å². The fourth-order valence-corrected chi connectivity index (χ4v) is 5.66. The van der Waals surface area contributed by atoms with Gasteiger partial charge in [0.05, 0.1) is 23.8 Å². The first-order chi connectivity index (χ1) is 20.6. The van der Waals surface area contributed by atoms with Crippen LogP contribution in [0.4, 0.5) is 19.5 Å². The summed E-state index contributed by atoms with van der Waals surface area (Å²) in [6.07, 6.45) is 1.66. The van der Waals surface area contributed by atoms with Crippen molar-refractivity contribution in [3.63, 3.8) is 0 Å². The van der Waals surface area contributed by atoms with Gasteiger partial charge in [0.25, 0.3) is 0 Å². The van der Waals surface area contributed by atoms with Crippen molar-refractivity contribution in [3.8, 4) is 22.3 Å². The second-order valence-corrected chi connectivity index (χ2v) is 11.1. The van der Waals surface area contributed by atoms with E-state index in [2.05, 4.69) is 9.88 Å². The number of ether oxygens (including phenoxy) is 1. The molecule has 0 unspecified atom stereocenters. The Bertz CT molecular complexity index is 1740. The molecule has 3 heterocycles. The Kier molecular flexibility index (Phi) is 7.29. The molecule has 0 saturated carbocycles. The standard InChI is InChI=1S/C33H30F2N4O4/c1-18-13-22(31(40)41)7-10-24(18)26-15-25(19(2)14-28(26)35)27-16-36-32(38-11-4-12-38)37-29(27)17-39-20(3)30(43-33(39)42)21-5-8-23(34)9-6-21/h5-10,13-16,20,30H,4,11-12,17H2,1-3H3,(H,40,41)/t20-,30-/m0/s1. The first kappa shape index (κ1) is 28.3. The van der Waals surface area contributed by atoms with Crippen LogP contribution < -0.4 is 4.90 Å². The number of carboxylic acid groups (broad SMARTS) is 1. The minimum absolute atomic E-state index is 0.120. The minimum Gasteiger partial charge on any atom is -0.478 e. The molecular formula is C33H30F2N4O4. The third-order valence-corrected chi connectivity index (χ3v) is 8.27.